The number of anilines is 1. The van der Waals surface area contributed by atoms with Gasteiger partial charge < -0.3 is 24.1 Å². The Kier molecular flexibility index (Phi) is 10.9. The molecule has 2 N–H and O–H groups in total. The maximum absolute atomic E-state index is 13.6. The highest BCUT2D eigenvalue weighted by molar-refractivity contribution is 7.89. The van der Waals surface area contributed by atoms with Crippen LogP contribution in [0.15, 0.2) is 54.6 Å². The molecule has 0 fully saturated rings. The molecule has 1 aromatic heterocycles. The second-order valence-corrected chi connectivity index (χ2v) is 13.0. The van der Waals surface area contributed by atoms with E-state index in [4.69, 9.17) is 30.8 Å². The van der Waals surface area contributed by atoms with Gasteiger partial charge in [0.1, 0.15) is 16.6 Å². The van der Waals surface area contributed by atoms with Crippen LogP contribution in [0.1, 0.15) is 43.6 Å². The number of rotatable bonds is 14. The number of methoxy groups -OCH3 is 2. The minimum Gasteiger partial charge on any atom is -0.493 e. The van der Waals surface area contributed by atoms with Gasteiger partial charge in [0, 0.05) is 12.8 Å². The van der Waals surface area contributed by atoms with Crippen molar-refractivity contribution < 1.29 is 32.2 Å². The number of para-hydroxylation sites is 2. The molecule has 1 heterocycles. The van der Waals surface area contributed by atoms with E-state index in [1.54, 1.807) is 29.2 Å². The fraction of sp³-hybridized carbons (Fsp3) is 0.344. The van der Waals surface area contributed by atoms with E-state index in [1.165, 1.54) is 14.2 Å². The summed E-state index contributed by atoms with van der Waals surface area (Å²) in [6, 6.07) is 16.4. The van der Waals surface area contributed by atoms with E-state index in [2.05, 4.69) is 18.8 Å². The van der Waals surface area contributed by atoms with Gasteiger partial charge in [-0.2, -0.15) is 0 Å². The summed E-state index contributed by atoms with van der Waals surface area (Å²) in [6.07, 6.45) is 2.36. The van der Waals surface area contributed by atoms with Crippen LogP contribution in [0, 0.1) is 5.92 Å². The zero-order valence-electron chi connectivity index (χ0n) is 25.8. The molecule has 0 radical (unpaired) electrons. The largest absolute Gasteiger partial charge is 0.493 e. The van der Waals surface area contributed by atoms with Crippen LogP contribution in [0.4, 0.5) is 5.69 Å². The Morgan fingerprint density at radius 3 is 2.42 bits per heavy atom. The van der Waals surface area contributed by atoms with E-state index in [0.717, 1.165) is 22.9 Å². The maximum atomic E-state index is 13.6. The van der Waals surface area contributed by atoms with Crippen LogP contribution in [0.25, 0.3) is 11.0 Å². The molecule has 0 unspecified atom stereocenters. The fourth-order valence-electron chi connectivity index (χ4n) is 4.83. The minimum absolute atomic E-state index is 0.107. The lowest BCUT2D eigenvalue weighted by molar-refractivity contribution is -0.121. The Morgan fingerprint density at radius 2 is 1.73 bits per heavy atom. The van der Waals surface area contributed by atoms with Crippen LogP contribution in [0.5, 0.6) is 17.2 Å². The van der Waals surface area contributed by atoms with Gasteiger partial charge in [0.2, 0.25) is 15.9 Å². The van der Waals surface area contributed by atoms with Crippen LogP contribution >= 0.6 is 11.6 Å². The van der Waals surface area contributed by atoms with Gasteiger partial charge in [-0.15, -0.1) is 0 Å². The summed E-state index contributed by atoms with van der Waals surface area (Å²) in [4.78, 5) is 35.4. The second kappa shape index (κ2) is 14.7. The number of H-pyrrole nitrogens is 1. The molecule has 0 aliphatic heterocycles. The van der Waals surface area contributed by atoms with Crippen molar-refractivity contribution in [3.8, 4) is 17.2 Å². The van der Waals surface area contributed by atoms with Crippen molar-refractivity contribution in [3.63, 3.8) is 0 Å². The number of carbonyl (C=O) groups excluding carboxylic acids is 2. The Balaban J connectivity index is 1.64. The number of hydrogen-bond acceptors (Lipinski definition) is 8. The number of imidazole rings is 1. The van der Waals surface area contributed by atoms with E-state index in [0.29, 0.717) is 59.5 Å². The summed E-state index contributed by atoms with van der Waals surface area (Å²) in [5, 5.41) is 0.258. The van der Waals surface area contributed by atoms with Gasteiger partial charge in [-0.25, -0.2) is 13.4 Å². The first kappa shape index (κ1) is 33.6. The Labute approximate surface area is 267 Å². The van der Waals surface area contributed by atoms with Crippen molar-refractivity contribution in [2.24, 2.45) is 5.92 Å². The van der Waals surface area contributed by atoms with Crippen molar-refractivity contribution in [2.75, 3.05) is 32.0 Å². The van der Waals surface area contributed by atoms with Gasteiger partial charge in [0.25, 0.3) is 5.91 Å². The van der Waals surface area contributed by atoms with Crippen LogP contribution in [-0.2, 0) is 32.6 Å². The molecule has 4 rings (SSSR count). The third kappa shape index (κ3) is 8.67. The number of carbonyl (C=O) groups is 2. The third-order valence-corrected chi connectivity index (χ3v) is 7.92. The van der Waals surface area contributed by atoms with Crippen LogP contribution in [0.3, 0.4) is 0 Å². The van der Waals surface area contributed by atoms with Crippen LogP contribution < -0.4 is 23.8 Å². The molecule has 45 heavy (non-hydrogen) atoms. The zero-order valence-corrected chi connectivity index (χ0v) is 27.4. The summed E-state index contributed by atoms with van der Waals surface area (Å²) in [5.41, 5.74) is 3.64. The number of benzene rings is 3. The molecule has 3 aromatic carbocycles. The topological polar surface area (TPSA) is 140 Å². The molecular formula is C32H37ClN4O7S. The number of amides is 2. The smallest absolute Gasteiger partial charge is 0.271 e. The van der Waals surface area contributed by atoms with Crippen molar-refractivity contribution >= 4 is 50.2 Å². The lowest BCUT2D eigenvalue weighted by Gasteiger charge is -2.25. The summed E-state index contributed by atoms with van der Waals surface area (Å²) in [7, 11) is -0.680. The van der Waals surface area contributed by atoms with Gasteiger partial charge in [-0.05, 0) is 47.7 Å². The van der Waals surface area contributed by atoms with Crippen molar-refractivity contribution in [1.82, 2.24) is 14.7 Å². The highest BCUT2D eigenvalue weighted by Crippen LogP contribution is 2.42. The average Bonchev–Trinajstić information content (AvgIpc) is 3.41. The number of aromatic amines is 1. The molecule has 0 atom stereocenters. The van der Waals surface area contributed by atoms with Gasteiger partial charge in [-0.3, -0.25) is 14.3 Å². The Bertz CT molecular complexity index is 1790. The molecule has 0 bridgehead atoms. The minimum atomic E-state index is -3.69. The van der Waals surface area contributed by atoms with Crippen LogP contribution in [-0.4, -0.2) is 57.3 Å². The summed E-state index contributed by atoms with van der Waals surface area (Å²) in [6.45, 7) is 3.81. The highest BCUT2D eigenvalue weighted by atomic mass is 35.5. The summed E-state index contributed by atoms with van der Waals surface area (Å²) in [5.74, 6) is 1.25. The number of hydrogen-bond donors (Lipinski definition) is 2. The Hall–Kier alpha value is -4.29. The quantitative estimate of drug-likeness (QED) is 0.188. The normalized spacial score (nSPS) is 11.4. The number of sulfonamides is 1. The molecule has 0 aliphatic carbocycles. The van der Waals surface area contributed by atoms with Crippen molar-refractivity contribution in [1.29, 1.82) is 0 Å². The first-order valence-corrected chi connectivity index (χ1v) is 16.6. The second-order valence-electron chi connectivity index (χ2n) is 10.9. The SMILES string of the molecule is COc1ccc(N(Cc2nc3c(Cc4ccccc4OCC(=O)NS(C)(=O)=O)cccc3[nH]2)C(=O)CCC(C)C)c(Cl)c1OC. The predicted octanol–water partition coefficient (Wildman–Crippen LogP) is 5.25. The molecule has 2 amide bonds. The number of nitrogens with one attached hydrogen (secondary N) is 2. The molecule has 0 saturated carbocycles. The van der Waals surface area contributed by atoms with E-state index >= 15 is 0 Å². The predicted molar refractivity (Wildman–Crippen MR) is 174 cm³/mol. The lowest BCUT2D eigenvalue weighted by Crippen LogP contribution is -2.33. The number of nitrogens with zero attached hydrogens (tertiary/aromatic N) is 2. The highest BCUT2D eigenvalue weighted by Gasteiger charge is 2.24. The van der Waals surface area contributed by atoms with Gasteiger partial charge in [-0.1, -0.05) is 55.8 Å². The molecule has 240 valence electrons. The molecule has 0 spiro atoms. The Morgan fingerprint density at radius 1 is 1.00 bits per heavy atom. The van der Waals surface area contributed by atoms with Gasteiger partial charge in [0.15, 0.2) is 18.1 Å². The number of halogens is 1. The number of ether oxygens (including phenoxy) is 3. The summed E-state index contributed by atoms with van der Waals surface area (Å²) < 4.78 is 41.2. The van der Waals surface area contributed by atoms with Crippen molar-refractivity contribution in [3.05, 3.63) is 76.6 Å². The molecule has 4 aromatic rings. The average molecular weight is 657 g/mol. The third-order valence-electron chi connectivity index (χ3n) is 6.96. The molecular weight excluding hydrogens is 620 g/mol. The number of fused-ring (bicyclic) bond motifs is 1. The van der Waals surface area contributed by atoms with E-state index in [-0.39, 0.29) is 17.5 Å². The molecule has 13 heteroatoms. The lowest BCUT2D eigenvalue weighted by atomic mass is 10.0. The standard InChI is InChI=1S/C32H37ClN4O7S/c1-20(2)13-16-29(39)37(24-14-15-26(42-3)32(43-4)30(24)33)18-27-34-23-11-8-10-22(31(23)35-27)17-21-9-6-7-12-25(21)44-19-28(38)36-45(5,40)41/h6-12,14-15,20H,13,16-19H2,1-5H3,(H,34,35)(H,36,38). The van der Waals surface area contributed by atoms with E-state index in [9.17, 15) is 18.0 Å². The molecule has 11 nitrogen and oxygen atoms in total. The van der Waals surface area contributed by atoms with E-state index in [1.807, 2.05) is 35.1 Å². The van der Waals surface area contributed by atoms with E-state index < -0.39 is 22.5 Å². The molecule has 0 saturated heterocycles. The molecule has 0 aliphatic rings. The van der Waals surface area contributed by atoms with Crippen LogP contribution in [0.2, 0.25) is 5.02 Å². The summed E-state index contributed by atoms with van der Waals surface area (Å²) >= 11 is 6.75. The first-order chi connectivity index (χ1) is 21.4. The van der Waals surface area contributed by atoms with Gasteiger partial charge in [0.05, 0.1) is 43.7 Å². The fourth-order valence-corrected chi connectivity index (χ4v) is 5.64. The number of aromatic nitrogens is 2. The monoisotopic (exact) mass is 656 g/mol. The van der Waals surface area contributed by atoms with Crippen molar-refractivity contribution in [2.45, 2.75) is 39.7 Å². The maximum Gasteiger partial charge on any atom is 0.271 e. The first-order valence-electron chi connectivity index (χ1n) is 14.3. The zero-order chi connectivity index (χ0) is 32.7. The van der Waals surface area contributed by atoms with Gasteiger partial charge >= 0.3 is 0 Å².